The summed E-state index contributed by atoms with van der Waals surface area (Å²) in [6, 6.07) is -0.535. The van der Waals surface area contributed by atoms with E-state index in [0.29, 0.717) is 0 Å². The van der Waals surface area contributed by atoms with Gasteiger partial charge in [0.15, 0.2) is 0 Å². The van der Waals surface area contributed by atoms with Gasteiger partial charge in [0, 0.05) is 19.2 Å². The van der Waals surface area contributed by atoms with E-state index >= 15 is 0 Å². The summed E-state index contributed by atoms with van der Waals surface area (Å²) in [5.74, 6) is 0. The molecule has 0 heterocycles. The molecule has 0 spiro atoms. The molecule has 0 saturated carbocycles. The summed E-state index contributed by atoms with van der Waals surface area (Å²) < 4.78 is 1.12. The normalized spacial score (nSPS) is 8.29. The van der Waals surface area contributed by atoms with Gasteiger partial charge in [-0.25, -0.2) is 4.79 Å². The molecule has 0 aliphatic carbocycles. The highest BCUT2D eigenvalue weighted by Crippen LogP contribution is 1.91. The van der Waals surface area contributed by atoms with Crippen LogP contribution in [0.2, 0.25) is 0 Å². The van der Waals surface area contributed by atoms with E-state index in [9.17, 15) is 4.79 Å². The Bertz CT molecular complexity index is 75.3. The first-order valence-electron chi connectivity index (χ1n) is 1.58. The Morgan fingerprint density at radius 2 is 2.29 bits per heavy atom. The molecule has 0 aromatic carbocycles. The van der Waals surface area contributed by atoms with E-state index < -0.39 is 6.03 Å². The van der Waals surface area contributed by atoms with Crippen LogP contribution < -0.4 is 10.9 Å². The van der Waals surface area contributed by atoms with Crippen molar-refractivity contribution in [3.05, 3.63) is 0 Å². The van der Waals surface area contributed by atoms with Gasteiger partial charge in [-0.05, 0) is 0 Å². The van der Waals surface area contributed by atoms with Crippen LogP contribution in [0, 0.1) is 0 Å². The molecule has 4 N–H and O–H groups in total. The smallest absolute Gasteiger partial charge is 0.325 e. The summed E-state index contributed by atoms with van der Waals surface area (Å²) in [4.78, 5) is 9.98. The van der Waals surface area contributed by atoms with Gasteiger partial charge >= 0.3 is 6.03 Å². The van der Waals surface area contributed by atoms with E-state index in [2.05, 4.69) is 0 Å². The van der Waals surface area contributed by atoms with Crippen LogP contribution in [0.1, 0.15) is 0 Å². The molecule has 0 saturated heterocycles. The van der Waals surface area contributed by atoms with E-state index in [0.717, 1.165) is 16.4 Å². The minimum Gasteiger partial charge on any atom is -0.351 e. The van der Waals surface area contributed by atoms with Crippen molar-refractivity contribution in [1.29, 1.82) is 0 Å². The maximum Gasteiger partial charge on any atom is 0.325 e. The molecule has 5 heteroatoms. The molecule has 0 aliphatic heterocycles. The molecule has 2 amide bonds. The largest absolute Gasteiger partial charge is 0.351 e. The van der Waals surface area contributed by atoms with Gasteiger partial charge in [0.25, 0.3) is 0 Å². The average molecular weight is 121 g/mol. The van der Waals surface area contributed by atoms with E-state index in [1.54, 1.807) is 0 Å². The van der Waals surface area contributed by atoms with Gasteiger partial charge in [-0.15, -0.1) is 0 Å². The number of hydrogen-bond donors (Lipinski definition) is 2. The zero-order valence-electron chi connectivity index (χ0n) is 3.92. The predicted octanol–water partition coefficient (Wildman–Crippen LogP) is -0.481. The van der Waals surface area contributed by atoms with E-state index in [1.807, 2.05) is 0 Å². The van der Waals surface area contributed by atoms with Gasteiger partial charge in [0.1, 0.15) is 0 Å². The van der Waals surface area contributed by atoms with Crippen molar-refractivity contribution < 1.29 is 4.79 Å². The number of carbonyl (C=O) groups is 1. The van der Waals surface area contributed by atoms with Gasteiger partial charge in [-0.3, -0.25) is 9.44 Å². The lowest BCUT2D eigenvalue weighted by Gasteiger charge is -2.05. The fourth-order valence-corrected chi connectivity index (χ4v) is 0.156. The number of amides is 2. The molecular weight excluding hydrogens is 114 g/mol. The summed E-state index contributed by atoms with van der Waals surface area (Å²) in [6.45, 7) is 0. The van der Waals surface area contributed by atoms with E-state index in [-0.39, 0.29) is 0 Å². The van der Waals surface area contributed by atoms with Crippen LogP contribution in [0.4, 0.5) is 4.79 Å². The molecular formula is C2H7N3OS. The highest BCUT2D eigenvalue weighted by atomic mass is 32.2. The number of hydrogen-bond acceptors (Lipinski definition) is 3. The number of nitrogens with two attached hydrogens (primary N) is 2. The third kappa shape index (κ3) is 2.30. The third-order valence-electron chi connectivity index (χ3n) is 0.468. The second-order valence-electron chi connectivity index (χ2n) is 0.941. The zero-order chi connectivity index (χ0) is 5.86. The number of urea groups is 1. The van der Waals surface area contributed by atoms with Gasteiger partial charge in [0.2, 0.25) is 0 Å². The van der Waals surface area contributed by atoms with Crippen molar-refractivity contribution in [1.82, 2.24) is 4.31 Å². The molecule has 0 bridgehead atoms. The molecule has 42 valence electrons. The van der Waals surface area contributed by atoms with Crippen molar-refractivity contribution in [2.24, 2.45) is 10.9 Å². The van der Waals surface area contributed by atoms with Crippen molar-refractivity contribution in [3.8, 4) is 0 Å². The Balaban J connectivity index is 3.34. The van der Waals surface area contributed by atoms with Crippen molar-refractivity contribution in [3.63, 3.8) is 0 Å². The molecule has 0 radical (unpaired) electrons. The minimum atomic E-state index is -0.535. The molecule has 0 fully saturated rings. The Labute approximate surface area is 46.1 Å². The number of carbonyl (C=O) groups excluding carboxylic acids is 1. The summed E-state index contributed by atoms with van der Waals surface area (Å²) >= 11 is 0.792. The van der Waals surface area contributed by atoms with Crippen LogP contribution in [0.25, 0.3) is 0 Å². The maximum atomic E-state index is 9.98. The van der Waals surface area contributed by atoms with Crippen LogP contribution >= 0.6 is 12.1 Å². The second-order valence-corrected chi connectivity index (χ2v) is 1.70. The molecule has 0 aliphatic rings. The van der Waals surface area contributed by atoms with Crippen LogP contribution in [0.15, 0.2) is 0 Å². The monoisotopic (exact) mass is 121 g/mol. The molecule has 7 heavy (non-hydrogen) atoms. The lowest BCUT2D eigenvalue weighted by Crippen LogP contribution is -2.27. The second kappa shape index (κ2) is 2.70. The first kappa shape index (κ1) is 6.58. The number of primary amides is 1. The van der Waals surface area contributed by atoms with Crippen LogP contribution in [-0.4, -0.2) is 17.4 Å². The summed E-state index contributed by atoms with van der Waals surface area (Å²) in [7, 11) is 1.49. The van der Waals surface area contributed by atoms with E-state index in [4.69, 9.17) is 10.9 Å². The van der Waals surface area contributed by atoms with Crippen molar-refractivity contribution in [2.75, 3.05) is 7.05 Å². The Kier molecular flexibility index (Phi) is 2.54. The van der Waals surface area contributed by atoms with E-state index in [1.165, 1.54) is 7.05 Å². The van der Waals surface area contributed by atoms with Crippen LogP contribution in [0.5, 0.6) is 0 Å². The van der Waals surface area contributed by atoms with Crippen LogP contribution in [-0.2, 0) is 0 Å². The quantitative estimate of drug-likeness (QED) is 0.460. The lowest BCUT2D eigenvalue weighted by atomic mass is 11.0. The van der Waals surface area contributed by atoms with Gasteiger partial charge in [-0.1, -0.05) is 0 Å². The standard InChI is InChI=1S/C2H7N3OS/c1-5(7-4)2(3)6/h4H2,1H3,(H2,3,6). The van der Waals surface area contributed by atoms with Crippen LogP contribution in [0.3, 0.4) is 0 Å². The summed E-state index contributed by atoms with van der Waals surface area (Å²) in [6.07, 6.45) is 0. The molecule has 0 aromatic rings. The Morgan fingerprint density at radius 3 is 2.29 bits per heavy atom. The van der Waals surface area contributed by atoms with Crippen molar-refractivity contribution >= 4 is 18.2 Å². The zero-order valence-corrected chi connectivity index (χ0v) is 4.73. The highest BCUT2D eigenvalue weighted by Gasteiger charge is 1.96. The topological polar surface area (TPSA) is 72.3 Å². The third-order valence-corrected chi connectivity index (χ3v) is 0.965. The minimum absolute atomic E-state index is 0.535. The Hall–Kier alpha value is -0.420. The Morgan fingerprint density at radius 1 is 1.86 bits per heavy atom. The molecule has 0 atom stereocenters. The molecule has 0 aromatic heterocycles. The predicted molar refractivity (Wildman–Crippen MR) is 29.1 cm³/mol. The maximum absolute atomic E-state index is 9.98. The van der Waals surface area contributed by atoms with Crippen molar-refractivity contribution in [2.45, 2.75) is 0 Å². The summed E-state index contributed by atoms with van der Waals surface area (Å²) in [5.41, 5.74) is 4.73. The molecule has 0 unspecified atom stereocenters. The van der Waals surface area contributed by atoms with Gasteiger partial charge in [0.05, 0.1) is 0 Å². The average Bonchev–Trinajstić information content (AvgIpc) is 1.65. The fourth-order valence-electron chi connectivity index (χ4n) is 0.0519. The number of nitrogens with zero attached hydrogens (tertiary/aromatic N) is 1. The SMILES string of the molecule is CN(SN)C(N)=O. The summed E-state index contributed by atoms with van der Waals surface area (Å²) in [5, 5.41) is 4.91. The molecule has 4 nitrogen and oxygen atoms in total. The van der Waals surface area contributed by atoms with Gasteiger partial charge < -0.3 is 5.73 Å². The number of rotatable bonds is 1. The first-order valence-corrected chi connectivity index (χ1v) is 2.42. The highest BCUT2D eigenvalue weighted by molar-refractivity contribution is 7.95. The fraction of sp³-hybridized carbons (Fsp3) is 0.500. The van der Waals surface area contributed by atoms with Gasteiger partial charge in [-0.2, -0.15) is 0 Å². The first-order chi connectivity index (χ1) is 3.18. The molecule has 0 rings (SSSR count). The lowest BCUT2D eigenvalue weighted by molar-refractivity contribution is 0.239.